The summed E-state index contributed by atoms with van der Waals surface area (Å²) in [5, 5.41) is 6.75. The van der Waals surface area contributed by atoms with Crippen molar-refractivity contribution in [2.75, 3.05) is 38.0 Å². The largest absolute Gasteiger partial charge is 0.418 e. The van der Waals surface area contributed by atoms with Gasteiger partial charge in [0.15, 0.2) is 0 Å². The number of carbonyl (C=O) groups excluding carboxylic acids is 4. The van der Waals surface area contributed by atoms with Crippen molar-refractivity contribution in [3.8, 4) is 0 Å². The molecule has 0 aliphatic carbocycles. The summed E-state index contributed by atoms with van der Waals surface area (Å²) in [6.45, 7) is 1.43. The molecular formula is C19H22F3N5O4. The molecule has 0 saturated carbocycles. The Morgan fingerprint density at radius 3 is 2.52 bits per heavy atom. The van der Waals surface area contributed by atoms with Gasteiger partial charge in [-0.25, -0.2) is 4.79 Å². The van der Waals surface area contributed by atoms with Crippen LogP contribution in [0.3, 0.4) is 0 Å². The van der Waals surface area contributed by atoms with Gasteiger partial charge in [-0.2, -0.15) is 13.2 Å². The highest BCUT2D eigenvalue weighted by atomic mass is 19.4. The molecular weight excluding hydrogens is 419 g/mol. The summed E-state index contributed by atoms with van der Waals surface area (Å²) in [5.74, 6) is -1.43. The van der Waals surface area contributed by atoms with Gasteiger partial charge in [0.2, 0.25) is 11.8 Å². The molecule has 3 N–H and O–H groups in total. The number of hydrogen-bond donors (Lipinski definition) is 3. The predicted molar refractivity (Wildman–Crippen MR) is 103 cm³/mol. The van der Waals surface area contributed by atoms with Gasteiger partial charge in [0, 0.05) is 26.2 Å². The van der Waals surface area contributed by atoms with Crippen molar-refractivity contribution in [1.29, 1.82) is 0 Å². The van der Waals surface area contributed by atoms with Crippen molar-refractivity contribution >= 4 is 29.4 Å². The molecule has 1 unspecified atom stereocenters. The van der Waals surface area contributed by atoms with Gasteiger partial charge in [-0.15, -0.1) is 0 Å². The number of nitrogens with one attached hydrogen (secondary N) is 3. The van der Waals surface area contributed by atoms with Crippen LogP contribution >= 0.6 is 0 Å². The molecule has 9 nitrogen and oxygen atoms in total. The molecule has 2 saturated heterocycles. The number of hydrogen-bond acceptors (Lipinski definition) is 5. The second-order valence-corrected chi connectivity index (χ2v) is 7.32. The monoisotopic (exact) mass is 441 g/mol. The molecule has 0 radical (unpaired) electrons. The first-order valence-electron chi connectivity index (χ1n) is 9.71. The van der Waals surface area contributed by atoms with Gasteiger partial charge in [-0.3, -0.25) is 24.6 Å². The minimum absolute atomic E-state index is 0.116. The summed E-state index contributed by atoms with van der Waals surface area (Å²) in [5.41, 5.74) is -1.22. The number of anilines is 1. The molecule has 1 aromatic carbocycles. The second kappa shape index (κ2) is 9.33. The summed E-state index contributed by atoms with van der Waals surface area (Å²) in [7, 11) is 0. The van der Waals surface area contributed by atoms with Gasteiger partial charge < -0.3 is 15.5 Å². The number of amides is 5. The SMILES string of the molecule is O=C(CN1CCCN(C(=O)CC2NC(=O)NC2=O)CC1)Nc1ccccc1C(F)(F)F. The maximum Gasteiger partial charge on any atom is 0.418 e. The molecule has 168 valence electrons. The Balaban J connectivity index is 1.51. The summed E-state index contributed by atoms with van der Waals surface area (Å²) >= 11 is 0. The van der Waals surface area contributed by atoms with Gasteiger partial charge in [-0.1, -0.05) is 12.1 Å². The Morgan fingerprint density at radius 1 is 1.10 bits per heavy atom. The van der Waals surface area contributed by atoms with E-state index in [0.29, 0.717) is 32.6 Å². The average Bonchev–Trinajstić information content (AvgIpc) is 2.87. The summed E-state index contributed by atoms with van der Waals surface area (Å²) < 4.78 is 39.2. The molecule has 1 aromatic rings. The lowest BCUT2D eigenvalue weighted by molar-refractivity contribution is -0.137. The second-order valence-electron chi connectivity index (χ2n) is 7.32. The van der Waals surface area contributed by atoms with Crippen LogP contribution < -0.4 is 16.0 Å². The highest BCUT2D eigenvalue weighted by Gasteiger charge is 2.34. The number of para-hydroxylation sites is 1. The standard InChI is InChI=1S/C19H22F3N5O4/c20-19(21,22)12-4-1-2-5-13(12)23-15(28)11-26-6-3-7-27(9-8-26)16(29)10-14-17(30)25-18(31)24-14/h1-2,4-5,14H,3,6-11H2,(H,23,28)(H2,24,25,30,31). The van der Waals surface area contributed by atoms with Gasteiger partial charge in [0.1, 0.15) is 6.04 Å². The summed E-state index contributed by atoms with van der Waals surface area (Å²) in [6, 6.07) is 3.22. The van der Waals surface area contributed by atoms with E-state index >= 15 is 0 Å². The van der Waals surface area contributed by atoms with Gasteiger partial charge in [-0.05, 0) is 18.6 Å². The van der Waals surface area contributed by atoms with Crippen LogP contribution in [0.5, 0.6) is 0 Å². The number of urea groups is 1. The van der Waals surface area contributed by atoms with E-state index in [9.17, 15) is 32.3 Å². The maximum atomic E-state index is 13.1. The number of benzene rings is 1. The molecule has 2 heterocycles. The zero-order valence-corrected chi connectivity index (χ0v) is 16.5. The van der Waals surface area contributed by atoms with E-state index < -0.39 is 35.6 Å². The van der Waals surface area contributed by atoms with Crippen molar-refractivity contribution in [2.45, 2.75) is 25.1 Å². The van der Waals surface area contributed by atoms with E-state index in [4.69, 9.17) is 0 Å². The van der Waals surface area contributed by atoms with Crippen LogP contribution in [-0.4, -0.2) is 72.3 Å². The number of alkyl halides is 3. The normalized spacial score (nSPS) is 20.1. The minimum Gasteiger partial charge on any atom is -0.341 e. The Hall–Kier alpha value is -3.15. The van der Waals surface area contributed by atoms with Crippen LogP contribution in [0, 0.1) is 0 Å². The molecule has 2 fully saturated rings. The Morgan fingerprint density at radius 2 is 1.84 bits per heavy atom. The maximum absolute atomic E-state index is 13.1. The van der Waals surface area contributed by atoms with E-state index in [1.807, 2.05) is 0 Å². The van der Waals surface area contributed by atoms with Gasteiger partial charge in [0.05, 0.1) is 24.2 Å². The zero-order valence-electron chi connectivity index (χ0n) is 16.5. The van der Waals surface area contributed by atoms with Gasteiger partial charge >= 0.3 is 12.2 Å². The molecule has 0 aromatic heterocycles. The number of carbonyl (C=O) groups is 4. The molecule has 5 amide bonds. The van der Waals surface area contributed by atoms with Crippen molar-refractivity contribution < 1.29 is 32.3 Å². The fourth-order valence-corrected chi connectivity index (χ4v) is 3.52. The highest BCUT2D eigenvalue weighted by Crippen LogP contribution is 2.34. The molecule has 1 atom stereocenters. The lowest BCUT2D eigenvalue weighted by atomic mass is 10.1. The Labute approximate surface area is 175 Å². The molecule has 0 spiro atoms. The zero-order chi connectivity index (χ0) is 22.6. The Bertz CT molecular complexity index is 876. The lowest BCUT2D eigenvalue weighted by Crippen LogP contribution is -2.41. The average molecular weight is 441 g/mol. The number of nitrogens with zero attached hydrogens (tertiary/aromatic N) is 2. The summed E-state index contributed by atoms with van der Waals surface area (Å²) in [4.78, 5) is 50.8. The highest BCUT2D eigenvalue weighted by molar-refractivity contribution is 6.05. The predicted octanol–water partition coefficient (Wildman–Crippen LogP) is 0.776. The van der Waals surface area contributed by atoms with Crippen LogP contribution in [0.2, 0.25) is 0 Å². The Kier molecular flexibility index (Phi) is 6.78. The number of halogens is 3. The number of rotatable bonds is 5. The molecule has 2 aliphatic heterocycles. The topological polar surface area (TPSA) is 111 Å². The summed E-state index contributed by atoms with van der Waals surface area (Å²) in [6.07, 6.45) is -4.18. The van der Waals surface area contributed by atoms with Crippen LogP contribution in [0.15, 0.2) is 24.3 Å². The minimum atomic E-state index is -4.58. The molecule has 3 rings (SSSR count). The number of imide groups is 1. The quantitative estimate of drug-likeness (QED) is 0.585. The fourth-order valence-electron chi connectivity index (χ4n) is 3.52. The first-order valence-corrected chi connectivity index (χ1v) is 9.71. The van der Waals surface area contributed by atoms with E-state index in [0.717, 1.165) is 6.07 Å². The van der Waals surface area contributed by atoms with Crippen molar-refractivity contribution in [2.24, 2.45) is 0 Å². The van der Waals surface area contributed by atoms with Crippen molar-refractivity contribution in [3.05, 3.63) is 29.8 Å². The third-order valence-corrected chi connectivity index (χ3v) is 5.05. The molecule has 0 bridgehead atoms. The van der Waals surface area contributed by atoms with Crippen LogP contribution in [0.1, 0.15) is 18.4 Å². The van der Waals surface area contributed by atoms with E-state index in [-0.39, 0.29) is 24.6 Å². The third kappa shape index (κ3) is 5.94. The lowest BCUT2D eigenvalue weighted by Gasteiger charge is -2.22. The first-order chi connectivity index (χ1) is 14.6. The smallest absolute Gasteiger partial charge is 0.341 e. The van der Waals surface area contributed by atoms with Gasteiger partial charge in [0.25, 0.3) is 5.91 Å². The first kappa shape index (κ1) is 22.5. The van der Waals surface area contributed by atoms with Crippen molar-refractivity contribution in [3.63, 3.8) is 0 Å². The van der Waals surface area contributed by atoms with E-state index in [1.165, 1.54) is 18.2 Å². The van der Waals surface area contributed by atoms with E-state index in [2.05, 4.69) is 16.0 Å². The third-order valence-electron chi connectivity index (χ3n) is 5.05. The fraction of sp³-hybridized carbons (Fsp3) is 0.474. The van der Waals surface area contributed by atoms with Crippen LogP contribution in [0.25, 0.3) is 0 Å². The molecule has 12 heteroatoms. The van der Waals surface area contributed by atoms with E-state index in [1.54, 1.807) is 9.80 Å². The van der Waals surface area contributed by atoms with Crippen molar-refractivity contribution in [1.82, 2.24) is 20.4 Å². The van der Waals surface area contributed by atoms with Crippen LogP contribution in [-0.2, 0) is 20.6 Å². The molecule has 31 heavy (non-hydrogen) atoms. The molecule has 2 aliphatic rings. The van der Waals surface area contributed by atoms with Crippen LogP contribution in [0.4, 0.5) is 23.7 Å².